The maximum Gasteiger partial charge on any atom is 0.198 e. The lowest BCUT2D eigenvalue weighted by atomic mass is 10.0. The quantitative estimate of drug-likeness (QED) is 0.723. The highest BCUT2D eigenvalue weighted by atomic mass is 35.5. The summed E-state index contributed by atoms with van der Waals surface area (Å²) in [5.41, 5.74) is 3.73. The highest BCUT2D eigenvalue weighted by Crippen LogP contribution is 2.26. The zero-order valence-corrected chi connectivity index (χ0v) is 12.4. The Morgan fingerprint density at radius 3 is 2.50 bits per heavy atom. The fraction of sp³-hybridized carbons (Fsp3) is 0.267. The molecule has 1 atom stereocenters. The lowest BCUT2D eigenvalue weighted by Crippen LogP contribution is -2.07. The van der Waals surface area contributed by atoms with Gasteiger partial charge in [0.05, 0.1) is 5.69 Å². The van der Waals surface area contributed by atoms with E-state index in [4.69, 9.17) is 11.6 Å². The minimum Gasteiger partial charge on any atom is -0.279 e. The minimum absolute atomic E-state index is 0.141. The van der Waals surface area contributed by atoms with Gasteiger partial charge in [-0.2, -0.15) is 0 Å². The van der Waals surface area contributed by atoms with E-state index in [0.29, 0.717) is 10.8 Å². The van der Waals surface area contributed by atoms with Crippen molar-refractivity contribution in [3.8, 4) is 0 Å². The zero-order valence-electron chi connectivity index (χ0n) is 11.6. The molecular weight excluding hydrogens is 272 g/mol. The third-order valence-electron chi connectivity index (χ3n) is 3.68. The van der Waals surface area contributed by atoms with E-state index in [9.17, 15) is 0 Å². The van der Waals surface area contributed by atoms with Crippen molar-refractivity contribution in [3.05, 3.63) is 58.3 Å². The van der Waals surface area contributed by atoms with E-state index < -0.39 is 0 Å². The molecule has 0 aliphatic carbocycles. The van der Waals surface area contributed by atoms with Gasteiger partial charge in [-0.1, -0.05) is 48.9 Å². The van der Waals surface area contributed by atoms with Crippen molar-refractivity contribution < 1.29 is 0 Å². The third-order valence-corrected chi connectivity index (χ3v) is 3.94. The average molecular weight is 287 g/mol. The van der Waals surface area contributed by atoms with E-state index in [1.165, 1.54) is 5.56 Å². The van der Waals surface area contributed by atoms with Crippen molar-refractivity contribution in [2.75, 3.05) is 0 Å². The molecule has 4 nitrogen and oxygen atoms in total. The van der Waals surface area contributed by atoms with Gasteiger partial charge in [0.15, 0.2) is 10.8 Å². The van der Waals surface area contributed by atoms with Gasteiger partial charge in [-0.3, -0.25) is 4.40 Å². The van der Waals surface area contributed by atoms with Crippen LogP contribution in [0.1, 0.15) is 35.6 Å². The van der Waals surface area contributed by atoms with Gasteiger partial charge in [0.2, 0.25) is 0 Å². The summed E-state index contributed by atoms with van der Waals surface area (Å²) < 4.78 is 2.00. The summed E-state index contributed by atoms with van der Waals surface area (Å²) in [6, 6.07) is 10.3. The van der Waals surface area contributed by atoms with Gasteiger partial charge in [0.1, 0.15) is 5.82 Å². The molecule has 0 spiro atoms. The molecule has 5 heteroatoms. The fourth-order valence-corrected chi connectivity index (χ4v) is 2.62. The van der Waals surface area contributed by atoms with Crippen LogP contribution >= 0.6 is 11.6 Å². The summed E-state index contributed by atoms with van der Waals surface area (Å²) in [5, 5.41) is 8.90. The van der Waals surface area contributed by atoms with Crippen LogP contribution in [0.2, 0.25) is 5.15 Å². The van der Waals surface area contributed by atoms with Gasteiger partial charge < -0.3 is 0 Å². The lowest BCUT2D eigenvalue weighted by Gasteiger charge is -2.12. The summed E-state index contributed by atoms with van der Waals surface area (Å²) in [7, 11) is 0. The Hall–Kier alpha value is -1.94. The number of benzene rings is 1. The first kappa shape index (κ1) is 13.1. The molecule has 0 aliphatic heterocycles. The number of nitrogens with zero attached hydrogens (tertiary/aromatic N) is 4. The first-order chi connectivity index (χ1) is 9.59. The van der Waals surface area contributed by atoms with E-state index in [2.05, 4.69) is 34.2 Å². The number of fused-ring (bicyclic) bond motifs is 1. The van der Waals surface area contributed by atoms with Crippen LogP contribution in [0.15, 0.2) is 30.3 Å². The molecule has 3 aromatic rings. The topological polar surface area (TPSA) is 43.1 Å². The molecule has 2 heterocycles. The number of hydrogen-bond acceptors (Lipinski definition) is 3. The molecule has 0 saturated carbocycles. The van der Waals surface area contributed by atoms with Gasteiger partial charge >= 0.3 is 0 Å². The van der Waals surface area contributed by atoms with Crippen LogP contribution in [-0.4, -0.2) is 19.6 Å². The summed E-state index contributed by atoms with van der Waals surface area (Å²) >= 11 is 6.16. The van der Waals surface area contributed by atoms with Crippen molar-refractivity contribution in [2.45, 2.75) is 26.7 Å². The minimum atomic E-state index is 0.141. The van der Waals surface area contributed by atoms with Crippen LogP contribution in [-0.2, 0) is 0 Å². The molecule has 0 saturated heterocycles. The van der Waals surface area contributed by atoms with Crippen molar-refractivity contribution in [3.63, 3.8) is 0 Å². The Bertz CT molecular complexity index is 764. The second-order valence-corrected chi connectivity index (χ2v) is 5.28. The van der Waals surface area contributed by atoms with E-state index in [0.717, 1.165) is 17.2 Å². The average Bonchev–Trinajstić information content (AvgIpc) is 2.90. The van der Waals surface area contributed by atoms with Crippen LogP contribution in [0.3, 0.4) is 0 Å². The van der Waals surface area contributed by atoms with Gasteiger partial charge in [-0.25, -0.2) is 4.98 Å². The Morgan fingerprint density at radius 2 is 1.80 bits per heavy atom. The van der Waals surface area contributed by atoms with Crippen LogP contribution < -0.4 is 0 Å². The van der Waals surface area contributed by atoms with Crippen LogP contribution in [0.4, 0.5) is 0 Å². The SMILES string of the molecule is Cc1nc(Cl)c2nnc(C(C)c3ccccc3)n2c1C. The maximum atomic E-state index is 6.16. The maximum absolute atomic E-state index is 6.16. The van der Waals surface area contributed by atoms with Gasteiger partial charge in [-0.05, 0) is 19.4 Å². The monoisotopic (exact) mass is 286 g/mol. The van der Waals surface area contributed by atoms with Crippen molar-refractivity contribution in [1.29, 1.82) is 0 Å². The lowest BCUT2D eigenvalue weighted by molar-refractivity contribution is 0.783. The molecule has 20 heavy (non-hydrogen) atoms. The van der Waals surface area contributed by atoms with E-state index in [1.54, 1.807) is 0 Å². The summed E-state index contributed by atoms with van der Waals surface area (Å²) in [6.45, 7) is 6.07. The number of aromatic nitrogens is 4. The first-order valence-electron chi connectivity index (χ1n) is 6.52. The van der Waals surface area contributed by atoms with Gasteiger partial charge in [-0.15, -0.1) is 10.2 Å². The molecule has 0 fully saturated rings. The second-order valence-electron chi connectivity index (χ2n) is 4.92. The Labute approximate surface area is 122 Å². The largest absolute Gasteiger partial charge is 0.279 e. The van der Waals surface area contributed by atoms with Crippen molar-refractivity contribution >= 4 is 17.2 Å². The smallest absolute Gasteiger partial charge is 0.198 e. The molecular formula is C15H15ClN4. The molecule has 3 rings (SSSR count). The van der Waals surface area contributed by atoms with Crippen LogP contribution in [0.25, 0.3) is 5.65 Å². The summed E-state index contributed by atoms with van der Waals surface area (Å²) in [4.78, 5) is 4.29. The summed E-state index contributed by atoms with van der Waals surface area (Å²) in [5.74, 6) is 1.03. The van der Waals surface area contributed by atoms with Crippen molar-refractivity contribution in [2.24, 2.45) is 0 Å². The van der Waals surface area contributed by atoms with Crippen molar-refractivity contribution in [1.82, 2.24) is 19.6 Å². The van der Waals surface area contributed by atoms with Crippen LogP contribution in [0.5, 0.6) is 0 Å². The highest BCUT2D eigenvalue weighted by molar-refractivity contribution is 6.32. The standard InChI is InChI=1S/C15H15ClN4/c1-9(12-7-5-4-6-8-12)14-18-19-15-13(16)17-10(2)11(3)20(14)15/h4-9H,1-3H3. The Kier molecular flexibility index (Phi) is 3.18. The Balaban J connectivity index is 2.23. The molecule has 0 amide bonds. The molecule has 0 aliphatic rings. The molecule has 2 aromatic heterocycles. The zero-order chi connectivity index (χ0) is 14.3. The molecule has 1 unspecified atom stereocenters. The second kappa shape index (κ2) is 4.87. The number of rotatable bonds is 2. The molecule has 0 bridgehead atoms. The van der Waals surface area contributed by atoms with E-state index >= 15 is 0 Å². The van der Waals surface area contributed by atoms with Gasteiger partial charge in [0, 0.05) is 11.6 Å². The fourth-order valence-electron chi connectivity index (χ4n) is 2.37. The molecule has 1 aromatic carbocycles. The molecule has 102 valence electrons. The van der Waals surface area contributed by atoms with Crippen LogP contribution in [0, 0.1) is 13.8 Å². The molecule has 0 N–H and O–H groups in total. The first-order valence-corrected chi connectivity index (χ1v) is 6.90. The third kappa shape index (κ3) is 1.96. The predicted octanol–water partition coefficient (Wildman–Crippen LogP) is 3.55. The summed E-state index contributed by atoms with van der Waals surface area (Å²) in [6.07, 6.45) is 0. The highest BCUT2D eigenvalue weighted by Gasteiger charge is 2.19. The predicted molar refractivity (Wildman–Crippen MR) is 79.2 cm³/mol. The normalized spacial score (nSPS) is 12.8. The number of aryl methyl sites for hydroxylation is 2. The van der Waals surface area contributed by atoms with Gasteiger partial charge in [0.25, 0.3) is 0 Å². The van der Waals surface area contributed by atoms with E-state index in [1.807, 2.05) is 36.4 Å². The number of halogens is 1. The van der Waals surface area contributed by atoms with E-state index in [-0.39, 0.29) is 5.92 Å². The number of hydrogen-bond donors (Lipinski definition) is 0. The Morgan fingerprint density at radius 1 is 1.10 bits per heavy atom. The molecule has 0 radical (unpaired) electrons.